The molecule has 3 amide bonds. The van der Waals surface area contributed by atoms with Gasteiger partial charge in [-0.1, -0.05) is 18.2 Å². The number of morpholine rings is 1. The molecular weight excluding hydrogens is 354 g/mol. The first-order chi connectivity index (χ1) is 13.0. The zero-order valence-electron chi connectivity index (χ0n) is 14.9. The van der Waals surface area contributed by atoms with Gasteiger partial charge in [-0.25, -0.2) is 4.79 Å². The van der Waals surface area contributed by atoms with E-state index in [0.29, 0.717) is 32.0 Å². The fourth-order valence-corrected chi connectivity index (χ4v) is 3.17. The van der Waals surface area contributed by atoms with Gasteiger partial charge in [0, 0.05) is 25.3 Å². The molecule has 0 aliphatic carbocycles. The quantitative estimate of drug-likeness (QED) is 0.550. The van der Waals surface area contributed by atoms with Crippen molar-refractivity contribution >= 4 is 17.6 Å². The van der Waals surface area contributed by atoms with Crippen LogP contribution in [0.2, 0.25) is 0 Å². The third-order valence-electron chi connectivity index (χ3n) is 4.70. The molecule has 0 spiro atoms. The molecule has 148 valence electrons. The molecule has 9 heteroatoms. The van der Waals surface area contributed by atoms with E-state index in [0.717, 1.165) is 0 Å². The summed E-state index contributed by atoms with van der Waals surface area (Å²) in [6, 6.07) is 8.48. The molecule has 27 heavy (non-hydrogen) atoms. The number of para-hydroxylation sites is 1. The summed E-state index contributed by atoms with van der Waals surface area (Å²) in [5.41, 5.74) is 0.636. The second-order valence-electron chi connectivity index (χ2n) is 6.59. The predicted molar refractivity (Wildman–Crippen MR) is 96.2 cm³/mol. The molecule has 0 aromatic heterocycles. The fourth-order valence-electron chi connectivity index (χ4n) is 3.17. The second-order valence-corrected chi connectivity index (χ2v) is 6.59. The number of urea groups is 1. The Morgan fingerprint density at radius 2 is 1.74 bits per heavy atom. The van der Waals surface area contributed by atoms with Crippen LogP contribution in [0.3, 0.4) is 0 Å². The van der Waals surface area contributed by atoms with Gasteiger partial charge in [0.25, 0.3) is 0 Å². The third-order valence-corrected chi connectivity index (χ3v) is 4.70. The van der Waals surface area contributed by atoms with Gasteiger partial charge in [-0.2, -0.15) is 0 Å². The van der Waals surface area contributed by atoms with E-state index in [-0.39, 0.29) is 18.9 Å². The lowest BCUT2D eigenvalue weighted by Crippen LogP contribution is -2.43. The minimum Gasteiger partial charge on any atom is -0.388 e. The van der Waals surface area contributed by atoms with E-state index in [2.05, 4.69) is 10.6 Å². The minimum atomic E-state index is -1.18. The van der Waals surface area contributed by atoms with Gasteiger partial charge in [-0.3, -0.25) is 4.79 Å². The summed E-state index contributed by atoms with van der Waals surface area (Å²) in [7, 11) is 0. The maximum atomic E-state index is 12.3. The van der Waals surface area contributed by atoms with Crippen molar-refractivity contribution < 1.29 is 29.3 Å². The number of nitrogens with zero attached hydrogens (tertiary/aromatic N) is 1. The predicted octanol–water partition coefficient (Wildman–Crippen LogP) is -0.454. The second kappa shape index (κ2) is 9.14. The van der Waals surface area contributed by atoms with Gasteiger partial charge in [0.05, 0.1) is 25.7 Å². The standard InChI is InChI=1S/C18H25N3O6/c22-15(21-6-8-26-9-7-21)10-13-16(23)17(24)14(27-13)11-19-18(25)20-12-4-2-1-3-5-12/h1-5,13-14,16-17,23-24H,6-11H2,(H2,19,20,25). The summed E-state index contributed by atoms with van der Waals surface area (Å²) in [5.74, 6) is -0.148. The normalized spacial score (nSPS) is 28.0. The molecule has 4 atom stereocenters. The van der Waals surface area contributed by atoms with E-state index < -0.39 is 30.4 Å². The van der Waals surface area contributed by atoms with Crippen LogP contribution in [0, 0.1) is 0 Å². The molecule has 2 fully saturated rings. The molecule has 2 saturated heterocycles. The SMILES string of the molecule is O=C(NCC1OC(CC(=O)N2CCOCC2)C(O)C1O)Nc1ccccc1. The van der Waals surface area contributed by atoms with Crippen LogP contribution in [0.1, 0.15) is 6.42 Å². The topological polar surface area (TPSA) is 120 Å². The van der Waals surface area contributed by atoms with Crippen LogP contribution in [0.15, 0.2) is 30.3 Å². The van der Waals surface area contributed by atoms with E-state index >= 15 is 0 Å². The number of rotatable bonds is 5. The molecule has 3 rings (SSSR count). The zero-order chi connectivity index (χ0) is 19.2. The molecule has 0 bridgehead atoms. The molecule has 4 N–H and O–H groups in total. The third kappa shape index (κ3) is 5.16. The smallest absolute Gasteiger partial charge is 0.319 e. The van der Waals surface area contributed by atoms with Gasteiger partial charge in [-0.15, -0.1) is 0 Å². The highest BCUT2D eigenvalue weighted by Gasteiger charge is 2.43. The summed E-state index contributed by atoms with van der Waals surface area (Å²) in [5, 5.41) is 25.6. The van der Waals surface area contributed by atoms with E-state index in [1.165, 1.54) is 0 Å². The largest absolute Gasteiger partial charge is 0.388 e. The minimum absolute atomic E-state index is 0.0130. The van der Waals surface area contributed by atoms with Crippen LogP contribution in [-0.2, 0) is 14.3 Å². The highest BCUT2D eigenvalue weighted by Crippen LogP contribution is 2.24. The lowest BCUT2D eigenvalue weighted by atomic mass is 10.0. The molecule has 0 saturated carbocycles. The number of aliphatic hydroxyl groups is 2. The van der Waals surface area contributed by atoms with Crippen molar-refractivity contribution in [2.75, 3.05) is 38.2 Å². The van der Waals surface area contributed by atoms with Gasteiger partial charge in [0.1, 0.15) is 18.3 Å². The number of nitrogens with one attached hydrogen (secondary N) is 2. The molecule has 0 radical (unpaired) electrons. The molecule has 2 aliphatic rings. The first-order valence-electron chi connectivity index (χ1n) is 9.01. The van der Waals surface area contributed by atoms with Crippen molar-refractivity contribution in [3.8, 4) is 0 Å². The summed E-state index contributed by atoms with van der Waals surface area (Å²) in [6.07, 6.45) is -3.97. The Hall–Kier alpha value is -2.20. The Morgan fingerprint density at radius 1 is 1.07 bits per heavy atom. The van der Waals surface area contributed by atoms with Crippen molar-refractivity contribution in [3.63, 3.8) is 0 Å². The number of hydrogen-bond donors (Lipinski definition) is 4. The van der Waals surface area contributed by atoms with E-state index in [4.69, 9.17) is 9.47 Å². The van der Waals surface area contributed by atoms with Crippen LogP contribution < -0.4 is 10.6 Å². The maximum Gasteiger partial charge on any atom is 0.319 e. The molecule has 2 aliphatic heterocycles. The zero-order valence-corrected chi connectivity index (χ0v) is 14.9. The number of anilines is 1. The summed E-state index contributed by atoms with van der Waals surface area (Å²) < 4.78 is 10.8. The molecular formula is C18H25N3O6. The number of ether oxygens (including phenoxy) is 2. The highest BCUT2D eigenvalue weighted by molar-refractivity contribution is 5.89. The molecule has 1 aromatic rings. The first kappa shape index (κ1) is 19.6. The van der Waals surface area contributed by atoms with Crippen LogP contribution in [0.25, 0.3) is 0 Å². The number of carbonyl (C=O) groups is 2. The molecule has 1 aromatic carbocycles. The summed E-state index contributed by atoms with van der Waals surface area (Å²) >= 11 is 0. The molecule has 4 unspecified atom stereocenters. The van der Waals surface area contributed by atoms with Crippen LogP contribution in [0.4, 0.5) is 10.5 Å². The van der Waals surface area contributed by atoms with Crippen molar-refractivity contribution in [2.24, 2.45) is 0 Å². The van der Waals surface area contributed by atoms with Crippen LogP contribution in [0.5, 0.6) is 0 Å². The van der Waals surface area contributed by atoms with Gasteiger partial charge in [0.2, 0.25) is 5.91 Å². The van der Waals surface area contributed by atoms with Crippen molar-refractivity contribution in [1.29, 1.82) is 0 Å². The highest BCUT2D eigenvalue weighted by atomic mass is 16.5. The number of carbonyl (C=O) groups excluding carboxylic acids is 2. The van der Waals surface area contributed by atoms with E-state index in [1.54, 1.807) is 29.2 Å². The Morgan fingerprint density at radius 3 is 2.44 bits per heavy atom. The van der Waals surface area contributed by atoms with E-state index in [1.807, 2.05) is 6.07 Å². The van der Waals surface area contributed by atoms with Gasteiger partial charge in [-0.05, 0) is 12.1 Å². The Balaban J connectivity index is 1.46. The summed E-state index contributed by atoms with van der Waals surface area (Å²) in [6.45, 7) is 2.01. The molecule has 2 heterocycles. The number of amides is 3. The Kier molecular flexibility index (Phi) is 6.62. The fraction of sp³-hybridized carbons (Fsp3) is 0.556. The van der Waals surface area contributed by atoms with Gasteiger partial charge < -0.3 is 35.2 Å². The monoisotopic (exact) mass is 379 g/mol. The lowest BCUT2D eigenvalue weighted by molar-refractivity contribution is -0.139. The average Bonchev–Trinajstić information content (AvgIpc) is 2.95. The van der Waals surface area contributed by atoms with Crippen molar-refractivity contribution in [1.82, 2.24) is 10.2 Å². The number of aliphatic hydroxyl groups excluding tert-OH is 2. The average molecular weight is 379 g/mol. The van der Waals surface area contributed by atoms with Gasteiger partial charge >= 0.3 is 6.03 Å². The maximum absolute atomic E-state index is 12.3. The van der Waals surface area contributed by atoms with Crippen molar-refractivity contribution in [2.45, 2.75) is 30.8 Å². The molecule has 9 nitrogen and oxygen atoms in total. The number of benzene rings is 1. The van der Waals surface area contributed by atoms with Crippen LogP contribution >= 0.6 is 0 Å². The lowest BCUT2D eigenvalue weighted by Gasteiger charge is -2.28. The van der Waals surface area contributed by atoms with Gasteiger partial charge in [0.15, 0.2) is 0 Å². The summed E-state index contributed by atoms with van der Waals surface area (Å²) in [4.78, 5) is 25.9. The van der Waals surface area contributed by atoms with E-state index in [9.17, 15) is 19.8 Å². The van der Waals surface area contributed by atoms with Crippen molar-refractivity contribution in [3.05, 3.63) is 30.3 Å². The first-order valence-corrected chi connectivity index (χ1v) is 9.01. The Labute approximate surface area is 157 Å². The Bertz CT molecular complexity index is 637. The number of hydrogen-bond acceptors (Lipinski definition) is 6. The van der Waals surface area contributed by atoms with Crippen LogP contribution in [-0.4, -0.2) is 84.3 Å².